The lowest BCUT2D eigenvalue weighted by molar-refractivity contribution is 0.463. The van der Waals surface area contributed by atoms with Gasteiger partial charge in [-0.3, -0.25) is 0 Å². The van der Waals surface area contributed by atoms with Crippen LogP contribution in [0, 0.1) is 6.92 Å². The van der Waals surface area contributed by atoms with Crippen molar-refractivity contribution in [2.45, 2.75) is 45.1 Å². The number of nitrogens with zero attached hydrogens (tertiary/aromatic N) is 1. The van der Waals surface area contributed by atoms with E-state index in [2.05, 4.69) is 33.5 Å². The van der Waals surface area contributed by atoms with Crippen LogP contribution in [0.1, 0.15) is 37.7 Å². The number of rotatable bonds is 3. The van der Waals surface area contributed by atoms with E-state index in [1.54, 1.807) is 0 Å². The molecule has 0 saturated heterocycles. The number of halogens is 1. The number of nitrogens with one attached hydrogen (secondary N) is 2. The number of pyridine rings is 1. The maximum Gasteiger partial charge on any atom is 0.139 e. The number of hydrogen-bond acceptors (Lipinski definition) is 2. The molecule has 124 valence electrons. The van der Waals surface area contributed by atoms with Gasteiger partial charge in [0.25, 0.3) is 0 Å². The van der Waals surface area contributed by atoms with Gasteiger partial charge < -0.3 is 10.3 Å². The van der Waals surface area contributed by atoms with Crippen molar-refractivity contribution in [3.63, 3.8) is 0 Å². The molecule has 0 amide bonds. The first-order valence-corrected chi connectivity index (χ1v) is 9.09. The monoisotopic (exact) mass is 339 g/mol. The van der Waals surface area contributed by atoms with Gasteiger partial charge in [0.2, 0.25) is 0 Å². The van der Waals surface area contributed by atoms with Crippen molar-refractivity contribution in [3.05, 3.63) is 47.2 Å². The van der Waals surface area contributed by atoms with Crippen molar-refractivity contribution in [3.8, 4) is 11.1 Å². The molecule has 1 fully saturated rings. The molecule has 0 bridgehead atoms. The van der Waals surface area contributed by atoms with Gasteiger partial charge in [-0.1, -0.05) is 43.0 Å². The molecule has 24 heavy (non-hydrogen) atoms. The van der Waals surface area contributed by atoms with Crippen LogP contribution in [0.25, 0.3) is 22.2 Å². The Balaban J connectivity index is 1.81. The van der Waals surface area contributed by atoms with Crippen molar-refractivity contribution in [1.29, 1.82) is 0 Å². The number of hydrogen-bond donors (Lipinski definition) is 2. The van der Waals surface area contributed by atoms with Gasteiger partial charge in [0.05, 0.1) is 5.69 Å². The van der Waals surface area contributed by atoms with Crippen molar-refractivity contribution < 1.29 is 0 Å². The Bertz CT molecular complexity index is 862. The number of aromatic amines is 1. The predicted octanol–water partition coefficient (Wildman–Crippen LogP) is 5.94. The third kappa shape index (κ3) is 2.89. The van der Waals surface area contributed by atoms with E-state index in [4.69, 9.17) is 11.6 Å². The van der Waals surface area contributed by atoms with E-state index in [-0.39, 0.29) is 0 Å². The second-order valence-corrected chi connectivity index (χ2v) is 7.14. The molecule has 0 spiro atoms. The Morgan fingerprint density at radius 1 is 1.17 bits per heavy atom. The van der Waals surface area contributed by atoms with E-state index in [0.717, 1.165) is 32.7 Å². The summed E-state index contributed by atoms with van der Waals surface area (Å²) in [6.45, 7) is 2.03. The van der Waals surface area contributed by atoms with Crippen molar-refractivity contribution in [2.75, 3.05) is 5.32 Å². The number of aromatic nitrogens is 2. The van der Waals surface area contributed by atoms with E-state index in [1.807, 2.05) is 25.4 Å². The summed E-state index contributed by atoms with van der Waals surface area (Å²) >= 11 is 6.36. The Hall–Kier alpha value is -2.00. The normalized spacial score (nSPS) is 15.8. The van der Waals surface area contributed by atoms with Gasteiger partial charge in [0, 0.05) is 34.4 Å². The molecule has 1 aliphatic carbocycles. The van der Waals surface area contributed by atoms with E-state index in [9.17, 15) is 0 Å². The van der Waals surface area contributed by atoms with E-state index < -0.39 is 0 Å². The molecule has 3 aromatic rings. The lowest BCUT2D eigenvalue weighted by atomic mass is 9.94. The number of aryl methyl sites for hydroxylation is 1. The highest BCUT2D eigenvalue weighted by Crippen LogP contribution is 2.36. The summed E-state index contributed by atoms with van der Waals surface area (Å²) in [6, 6.07) is 8.89. The molecular formula is C20H22ClN3. The molecule has 0 unspecified atom stereocenters. The summed E-state index contributed by atoms with van der Waals surface area (Å²) in [5.41, 5.74) is 5.43. The molecule has 0 aliphatic heterocycles. The Morgan fingerprint density at radius 2 is 2.00 bits per heavy atom. The smallest absolute Gasteiger partial charge is 0.139 e. The fourth-order valence-electron chi connectivity index (χ4n) is 3.59. The fraction of sp³-hybridized carbons (Fsp3) is 0.350. The summed E-state index contributed by atoms with van der Waals surface area (Å²) in [6.07, 6.45) is 10.4. The molecule has 1 saturated carbocycles. The minimum absolute atomic E-state index is 0.541. The maximum absolute atomic E-state index is 6.36. The average molecular weight is 340 g/mol. The lowest BCUT2D eigenvalue weighted by Crippen LogP contribution is -2.22. The molecule has 3 nitrogen and oxygen atoms in total. The second kappa shape index (κ2) is 6.48. The standard InChI is InChI=1S/C20H22ClN3/c1-13-7-8-14(11-18(13)21)17-12-23-20-16(9-10-22-20)19(17)24-15-5-3-2-4-6-15/h7-12,15H,2-6H2,1H3,(H2,22,23,24). The summed E-state index contributed by atoms with van der Waals surface area (Å²) in [4.78, 5) is 7.80. The Kier molecular flexibility index (Phi) is 4.19. The number of H-pyrrole nitrogens is 1. The molecule has 4 heteroatoms. The van der Waals surface area contributed by atoms with Crippen LogP contribution < -0.4 is 5.32 Å². The van der Waals surface area contributed by atoms with Crippen LogP contribution in [0.4, 0.5) is 5.69 Å². The first kappa shape index (κ1) is 15.5. The van der Waals surface area contributed by atoms with Crippen molar-refractivity contribution >= 4 is 28.3 Å². The van der Waals surface area contributed by atoms with Gasteiger partial charge in [-0.05, 0) is 43.0 Å². The Labute approximate surface area is 147 Å². The summed E-state index contributed by atoms with van der Waals surface area (Å²) in [7, 11) is 0. The zero-order valence-corrected chi connectivity index (χ0v) is 14.7. The number of anilines is 1. The van der Waals surface area contributed by atoms with E-state index in [1.165, 1.54) is 37.8 Å². The van der Waals surface area contributed by atoms with Crippen LogP contribution in [0.15, 0.2) is 36.7 Å². The van der Waals surface area contributed by atoms with Crippen LogP contribution >= 0.6 is 11.6 Å². The van der Waals surface area contributed by atoms with Crippen LogP contribution in [-0.2, 0) is 0 Å². The number of benzene rings is 1. The van der Waals surface area contributed by atoms with Crippen LogP contribution in [0.3, 0.4) is 0 Å². The topological polar surface area (TPSA) is 40.7 Å². The third-order valence-corrected chi connectivity index (χ3v) is 5.43. The number of fused-ring (bicyclic) bond motifs is 1. The van der Waals surface area contributed by atoms with E-state index >= 15 is 0 Å². The van der Waals surface area contributed by atoms with Gasteiger partial charge in [0.15, 0.2) is 0 Å². The first-order chi connectivity index (χ1) is 11.7. The van der Waals surface area contributed by atoms with Gasteiger partial charge >= 0.3 is 0 Å². The largest absolute Gasteiger partial charge is 0.381 e. The molecule has 1 aromatic carbocycles. The molecule has 1 aliphatic rings. The summed E-state index contributed by atoms with van der Waals surface area (Å²) in [5, 5.41) is 5.75. The van der Waals surface area contributed by atoms with E-state index in [0.29, 0.717) is 6.04 Å². The molecule has 0 radical (unpaired) electrons. The third-order valence-electron chi connectivity index (χ3n) is 5.02. The zero-order chi connectivity index (χ0) is 16.5. The molecule has 2 aromatic heterocycles. The van der Waals surface area contributed by atoms with Crippen LogP contribution in [0.5, 0.6) is 0 Å². The predicted molar refractivity (Wildman–Crippen MR) is 102 cm³/mol. The fourth-order valence-corrected chi connectivity index (χ4v) is 3.77. The van der Waals surface area contributed by atoms with Crippen LogP contribution in [-0.4, -0.2) is 16.0 Å². The average Bonchev–Trinajstić information content (AvgIpc) is 3.08. The molecular weight excluding hydrogens is 318 g/mol. The summed E-state index contributed by atoms with van der Waals surface area (Å²) < 4.78 is 0. The van der Waals surface area contributed by atoms with Gasteiger partial charge in [0.1, 0.15) is 5.65 Å². The quantitative estimate of drug-likeness (QED) is 0.620. The minimum atomic E-state index is 0.541. The van der Waals surface area contributed by atoms with Gasteiger partial charge in [-0.25, -0.2) is 4.98 Å². The second-order valence-electron chi connectivity index (χ2n) is 6.73. The first-order valence-electron chi connectivity index (χ1n) is 8.71. The highest BCUT2D eigenvalue weighted by Gasteiger charge is 2.18. The summed E-state index contributed by atoms with van der Waals surface area (Å²) in [5.74, 6) is 0. The molecule has 2 heterocycles. The highest BCUT2D eigenvalue weighted by atomic mass is 35.5. The zero-order valence-electron chi connectivity index (χ0n) is 13.9. The Morgan fingerprint density at radius 3 is 2.79 bits per heavy atom. The van der Waals surface area contributed by atoms with Crippen molar-refractivity contribution in [1.82, 2.24) is 9.97 Å². The maximum atomic E-state index is 6.36. The van der Waals surface area contributed by atoms with Gasteiger partial charge in [-0.15, -0.1) is 0 Å². The highest BCUT2D eigenvalue weighted by molar-refractivity contribution is 6.31. The van der Waals surface area contributed by atoms with Crippen LogP contribution in [0.2, 0.25) is 5.02 Å². The minimum Gasteiger partial charge on any atom is -0.381 e. The molecule has 2 N–H and O–H groups in total. The lowest BCUT2D eigenvalue weighted by Gasteiger charge is -2.25. The van der Waals surface area contributed by atoms with Gasteiger partial charge in [-0.2, -0.15) is 0 Å². The molecule has 4 rings (SSSR count). The SMILES string of the molecule is Cc1ccc(-c2cnc3[nH]ccc3c2NC2CCCCC2)cc1Cl. The van der Waals surface area contributed by atoms with Crippen molar-refractivity contribution in [2.24, 2.45) is 0 Å². The molecule has 0 atom stereocenters.